The van der Waals surface area contributed by atoms with Gasteiger partial charge >= 0.3 is 5.97 Å². The molecule has 0 radical (unpaired) electrons. The van der Waals surface area contributed by atoms with Crippen molar-refractivity contribution in [2.75, 3.05) is 11.9 Å². The number of nitrogens with one attached hydrogen (secondary N) is 1. The third-order valence-corrected chi connectivity index (χ3v) is 2.98. The van der Waals surface area contributed by atoms with Crippen LogP contribution in [-0.2, 0) is 19.7 Å². The summed E-state index contributed by atoms with van der Waals surface area (Å²) in [5.41, 5.74) is 6.21. The maximum Gasteiger partial charge on any atom is 0.332 e. The molecule has 0 aliphatic carbocycles. The molecule has 0 fully saturated rings. The monoisotopic (exact) mass is 289 g/mol. The summed E-state index contributed by atoms with van der Waals surface area (Å²) in [5, 5.41) is 11.6. The standard InChI is InChI=1S/C15H19N3O3/c1-4-21-14(20)12(17)13(19)18-11-7-5-10(6-8-11)15(2,3)9-16/h5-8,12H,4,17H2,1-3H3,(H,18,19). The van der Waals surface area contributed by atoms with Crippen LogP contribution in [0.4, 0.5) is 5.69 Å². The van der Waals surface area contributed by atoms with Gasteiger partial charge in [0.15, 0.2) is 6.04 Å². The van der Waals surface area contributed by atoms with Crippen molar-refractivity contribution in [2.24, 2.45) is 5.73 Å². The zero-order valence-electron chi connectivity index (χ0n) is 12.3. The van der Waals surface area contributed by atoms with Crippen LogP contribution in [-0.4, -0.2) is 24.5 Å². The molecule has 0 bridgehead atoms. The first kappa shape index (κ1) is 16.7. The molecule has 0 spiro atoms. The van der Waals surface area contributed by atoms with Crippen LogP contribution >= 0.6 is 0 Å². The van der Waals surface area contributed by atoms with Gasteiger partial charge in [-0.1, -0.05) is 12.1 Å². The first-order valence-electron chi connectivity index (χ1n) is 6.56. The van der Waals surface area contributed by atoms with E-state index in [-0.39, 0.29) is 6.61 Å². The van der Waals surface area contributed by atoms with Crippen LogP contribution < -0.4 is 11.1 Å². The van der Waals surface area contributed by atoms with Crippen molar-refractivity contribution in [3.05, 3.63) is 29.8 Å². The lowest BCUT2D eigenvalue weighted by atomic mass is 9.86. The number of nitriles is 1. The van der Waals surface area contributed by atoms with E-state index in [0.717, 1.165) is 5.56 Å². The maximum absolute atomic E-state index is 11.8. The zero-order chi connectivity index (χ0) is 16.0. The topological polar surface area (TPSA) is 105 Å². The molecule has 1 atom stereocenters. The largest absolute Gasteiger partial charge is 0.464 e. The van der Waals surface area contributed by atoms with Crippen molar-refractivity contribution in [2.45, 2.75) is 32.2 Å². The molecule has 1 aromatic rings. The highest BCUT2D eigenvalue weighted by atomic mass is 16.5. The van der Waals surface area contributed by atoms with Gasteiger partial charge in [-0.15, -0.1) is 0 Å². The van der Waals surface area contributed by atoms with Crippen LogP contribution in [0, 0.1) is 11.3 Å². The van der Waals surface area contributed by atoms with Crippen molar-refractivity contribution in [3.8, 4) is 6.07 Å². The normalized spacial score (nSPS) is 12.1. The van der Waals surface area contributed by atoms with Crippen molar-refractivity contribution in [1.29, 1.82) is 5.26 Å². The van der Waals surface area contributed by atoms with Gasteiger partial charge in [-0.3, -0.25) is 4.79 Å². The molecule has 112 valence electrons. The highest BCUT2D eigenvalue weighted by Crippen LogP contribution is 2.23. The average Bonchev–Trinajstić information content (AvgIpc) is 2.47. The number of nitrogens with two attached hydrogens (primary N) is 1. The quantitative estimate of drug-likeness (QED) is 0.628. The Morgan fingerprint density at radius 2 is 1.95 bits per heavy atom. The molecule has 0 saturated heterocycles. The summed E-state index contributed by atoms with van der Waals surface area (Å²) in [5.74, 6) is -1.40. The van der Waals surface area contributed by atoms with Gasteiger partial charge in [-0.05, 0) is 38.5 Å². The minimum absolute atomic E-state index is 0.164. The Morgan fingerprint density at radius 1 is 1.38 bits per heavy atom. The predicted octanol–water partition coefficient (Wildman–Crippen LogP) is 1.32. The van der Waals surface area contributed by atoms with Crippen molar-refractivity contribution in [3.63, 3.8) is 0 Å². The molecular formula is C15H19N3O3. The van der Waals surface area contributed by atoms with E-state index in [1.807, 2.05) is 0 Å². The third kappa shape index (κ3) is 4.29. The highest BCUT2D eigenvalue weighted by Gasteiger charge is 2.24. The lowest BCUT2D eigenvalue weighted by Crippen LogP contribution is -2.43. The number of carbonyl (C=O) groups excluding carboxylic acids is 2. The number of rotatable bonds is 5. The molecule has 0 aliphatic rings. The van der Waals surface area contributed by atoms with E-state index in [1.165, 1.54) is 0 Å². The van der Waals surface area contributed by atoms with Crippen LogP contribution in [0.25, 0.3) is 0 Å². The molecule has 1 amide bonds. The van der Waals surface area contributed by atoms with E-state index < -0.39 is 23.3 Å². The van der Waals surface area contributed by atoms with Gasteiger partial charge in [-0.25, -0.2) is 4.79 Å². The van der Waals surface area contributed by atoms with Crippen LogP contribution in [0.2, 0.25) is 0 Å². The van der Waals surface area contributed by atoms with Gasteiger partial charge in [0.05, 0.1) is 18.1 Å². The summed E-state index contributed by atoms with van der Waals surface area (Å²) in [7, 11) is 0. The van der Waals surface area contributed by atoms with Gasteiger partial charge in [0.2, 0.25) is 0 Å². The SMILES string of the molecule is CCOC(=O)C(N)C(=O)Nc1ccc(C(C)(C)C#N)cc1. The summed E-state index contributed by atoms with van der Waals surface area (Å²) in [6.07, 6.45) is 0. The van der Waals surface area contributed by atoms with E-state index in [4.69, 9.17) is 11.0 Å². The number of carbonyl (C=O) groups is 2. The Morgan fingerprint density at radius 3 is 2.43 bits per heavy atom. The molecule has 6 heteroatoms. The van der Waals surface area contributed by atoms with E-state index in [2.05, 4.69) is 16.1 Å². The fraction of sp³-hybridized carbons (Fsp3) is 0.400. The second-order valence-electron chi connectivity index (χ2n) is 5.03. The minimum Gasteiger partial charge on any atom is -0.464 e. The molecule has 0 aliphatic heterocycles. The van der Waals surface area contributed by atoms with Crippen LogP contribution in [0.5, 0.6) is 0 Å². The maximum atomic E-state index is 11.8. The summed E-state index contributed by atoms with van der Waals surface area (Å²) in [6.45, 7) is 5.41. The van der Waals surface area contributed by atoms with Crippen molar-refractivity contribution < 1.29 is 14.3 Å². The summed E-state index contributed by atoms with van der Waals surface area (Å²) in [4.78, 5) is 23.1. The number of amides is 1. The molecule has 1 aromatic carbocycles. The Kier molecular flexibility index (Phi) is 5.44. The lowest BCUT2D eigenvalue weighted by Gasteiger charge is -2.16. The third-order valence-electron chi connectivity index (χ3n) is 2.98. The number of esters is 1. The smallest absolute Gasteiger partial charge is 0.332 e. The summed E-state index contributed by atoms with van der Waals surface area (Å²) < 4.78 is 4.68. The van der Waals surface area contributed by atoms with Gasteiger partial charge in [0.25, 0.3) is 5.91 Å². The van der Waals surface area contributed by atoms with E-state index in [1.54, 1.807) is 45.0 Å². The van der Waals surface area contributed by atoms with Gasteiger partial charge in [0.1, 0.15) is 0 Å². The first-order chi connectivity index (χ1) is 9.81. The molecule has 1 unspecified atom stereocenters. The molecule has 0 aromatic heterocycles. The zero-order valence-corrected chi connectivity index (χ0v) is 12.3. The molecular weight excluding hydrogens is 270 g/mol. The predicted molar refractivity (Wildman–Crippen MR) is 78.3 cm³/mol. The van der Waals surface area contributed by atoms with Crippen molar-refractivity contribution in [1.82, 2.24) is 0 Å². The van der Waals surface area contributed by atoms with Gasteiger partial charge in [0, 0.05) is 5.69 Å². The number of hydrogen-bond donors (Lipinski definition) is 2. The molecule has 0 saturated carbocycles. The Labute approximate surface area is 123 Å². The number of hydrogen-bond acceptors (Lipinski definition) is 5. The second kappa shape index (κ2) is 6.86. The second-order valence-corrected chi connectivity index (χ2v) is 5.03. The lowest BCUT2D eigenvalue weighted by molar-refractivity contribution is -0.146. The Balaban J connectivity index is 2.75. The fourth-order valence-electron chi connectivity index (χ4n) is 1.59. The van der Waals surface area contributed by atoms with Gasteiger partial charge in [-0.2, -0.15) is 5.26 Å². The highest BCUT2D eigenvalue weighted by molar-refractivity contribution is 6.08. The van der Waals surface area contributed by atoms with Gasteiger partial charge < -0.3 is 15.8 Å². The molecule has 21 heavy (non-hydrogen) atoms. The number of nitrogens with zero attached hydrogens (tertiary/aromatic N) is 1. The van der Waals surface area contributed by atoms with Crippen LogP contribution in [0.15, 0.2) is 24.3 Å². The number of ether oxygens (including phenoxy) is 1. The van der Waals surface area contributed by atoms with E-state index in [0.29, 0.717) is 5.69 Å². The Bertz CT molecular complexity index is 559. The van der Waals surface area contributed by atoms with Crippen LogP contribution in [0.1, 0.15) is 26.3 Å². The minimum atomic E-state index is -1.36. The molecule has 3 N–H and O–H groups in total. The first-order valence-corrected chi connectivity index (χ1v) is 6.56. The summed E-state index contributed by atoms with van der Waals surface area (Å²) >= 11 is 0. The van der Waals surface area contributed by atoms with E-state index in [9.17, 15) is 9.59 Å². The van der Waals surface area contributed by atoms with Crippen LogP contribution in [0.3, 0.4) is 0 Å². The summed E-state index contributed by atoms with van der Waals surface area (Å²) in [6, 6.07) is 7.64. The number of anilines is 1. The van der Waals surface area contributed by atoms with E-state index >= 15 is 0 Å². The number of benzene rings is 1. The molecule has 0 heterocycles. The average molecular weight is 289 g/mol. The fourth-order valence-corrected chi connectivity index (χ4v) is 1.59. The molecule has 1 rings (SSSR count). The molecule has 6 nitrogen and oxygen atoms in total. The Hall–Kier alpha value is -2.39. The van der Waals surface area contributed by atoms with Crippen molar-refractivity contribution >= 4 is 17.6 Å².